The van der Waals surface area contributed by atoms with Crippen LogP contribution in [-0.4, -0.2) is 44.6 Å². The molecule has 2 unspecified atom stereocenters. The molecule has 0 radical (unpaired) electrons. The lowest BCUT2D eigenvalue weighted by atomic mass is 10.1. The van der Waals surface area contributed by atoms with Gasteiger partial charge in [-0.25, -0.2) is 4.98 Å². The first kappa shape index (κ1) is 13.1. The fraction of sp³-hybridized carbons (Fsp3) is 0.692. The lowest BCUT2D eigenvalue weighted by Gasteiger charge is -2.25. The van der Waals surface area contributed by atoms with Crippen LogP contribution in [0.4, 0.5) is 0 Å². The van der Waals surface area contributed by atoms with Crippen LogP contribution in [0.5, 0.6) is 0 Å². The molecule has 1 saturated heterocycles. The second kappa shape index (κ2) is 5.52. The van der Waals surface area contributed by atoms with E-state index in [0.29, 0.717) is 12.1 Å². The third-order valence-electron chi connectivity index (χ3n) is 3.44. The van der Waals surface area contributed by atoms with Crippen molar-refractivity contribution >= 4 is 5.91 Å². The molecule has 1 aromatic rings. The number of aliphatic hydroxyl groups is 1. The molecule has 2 heterocycles. The maximum Gasteiger partial charge on any atom is 0.272 e. The van der Waals surface area contributed by atoms with Crippen molar-refractivity contribution in [1.29, 1.82) is 0 Å². The number of aliphatic hydroxyl groups excluding tert-OH is 1. The first-order valence-corrected chi connectivity index (χ1v) is 6.64. The first-order valence-electron chi connectivity index (χ1n) is 6.64. The van der Waals surface area contributed by atoms with Crippen molar-refractivity contribution in [2.75, 3.05) is 6.54 Å². The van der Waals surface area contributed by atoms with E-state index in [1.54, 1.807) is 13.1 Å². The number of carbonyl (C=O) groups is 1. The van der Waals surface area contributed by atoms with Gasteiger partial charge in [-0.05, 0) is 26.2 Å². The molecule has 0 aliphatic carbocycles. The van der Waals surface area contributed by atoms with Crippen molar-refractivity contribution < 1.29 is 9.90 Å². The Bertz CT molecular complexity index is 414. The number of nitrogens with one attached hydrogen (secondary N) is 1. The molecule has 5 nitrogen and oxygen atoms in total. The number of aromatic nitrogens is 2. The average Bonchev–Trinajstić information content (AvgIpc) is 2.95. The Hall–Kier alpha value is -1.36. The van der Waals surface area contributed by atoms with Crippen LogP contribution in [0.3, 0.4) is 0 Å². The summed E-state index contributed by atoms with van der Waals surface area (Å²) < 4.78 is 0. The molecule has 2 N–H and O–H groups in total. The first-order chi connectivity index (χ1) is 8.61. The Balaban J connectivity index is 2.07. The van der Waals surface area contributed by atoms with Gasteiger partial charge in [-0.1, -0.05) is 6.92 Å². The fourth-order valence-corrected chi connectivity index (χ4v) is 2.55. The van der Waals surface area contributed by atoms with E-state index >= 15 is 0 Å². The zero-order valence-electron chi connectivity index (χ0n) is 11.0. The van der Waals surface area contributed by atoms with Crippen molar-refractivity contribution in [2.45, 2.75) is 51.7 Å². The summed E-state index contributed by atoms with van der Waals surface area (Å²) in [5.74, 6) is 0.843. The summed E-state index contributed by atoms with van der Waals surface area (Å²) in [4.78, 5) is 21.4. The summed E-state index contributed by atoms with van der Waals surface area (Å²) in [6.45, 7) is 4.54. The number of rotatable bonds is 4. The molecular weight excluding hydrogens is 230 g/mol. The van der Waals surface area contributed by atoms with Crippen LogP contribution in [0.1, 0.15) is 49.4 Å². The molecule has 2 atom stereocenters. The van der Waals surface area contributed by atoms with Crippen LogP contribution in [0.2, 0.25) is 0 Å². The van der Waals surface area contributed by atoms with Crippen molar-refractivity contribution in [1.82, 2.24) is 14.9 Å². The van der Waals surface area contributed by atoms with E-state index in [-0.39, 0.29) is 18.1 Å². The molecule has 1 fully saturated rings. The molecule has 0 bridgehead atoms. The van der Waals surface area contributed by atoms with Gasteiger partial charge in [-0.15, -0.1) is 0 Å². The highest BCUT2D eigenvalue weighted by Gasteiger charge is 2.30. The highest BCUT2D eigenvalue weighted by molar-refractivity contribution is 5.92. The molecule has 0 saturated carbocycles. The van der Waals surface area contributed by atoms with Gasteiger partial charge in [0, 0.05) is 19.0 Å². The van der Waals surface area contributed by atoms with Crippen LogP contribution in [0, 0.1) is 0 Å². The van der Waals surface area contributed by atoms with Crippen LogP contribution >= 0.6 is 0 Å². The Morgan fingerprint density at radius 3 is 3.11 bits per heavy atom. The maximum absolute atomic E-state index is 12.3. The third kappa shape index (κ3) is 2.72. The Morgan fingerprint density at radius 1 is 1.72 bits per heavy atom. The minimum absolute atomic E-state index is 0.00495. The van der Waals surface area contributed by atoms with Gasteiger partial charge in [0.2, 0.25) is 0 Å². The van der Waals surface area contributed by atoms with Crippen molar-refractivity contribution in [2.24, 2.45) is 0 Å². The van der Waals surface area contributed by atoms with Gasteiger partial charge in [0.25, 0.3) is 5.91 Å². The molecule has 100 valence electrons. The smallest absolute Gasteiger partial charge is 0.272 e. The maximum atomic E-state index is 12.3. The van der Waals surface area contributed by atoms with Crippen molar-refractivity contribution in [3.05, 3.63) is 17.7 Å². The number of likely N-dealkylation sites (tertiary alicyclic amines) is 1. The number of aromatic amines is 1. The average molecular weight is 251 g/mol. The SMILES string of the molecule is CCc1ncc(C(=O)N2CCCC2CC(C)O)[nH]1. The van der Waals surface area contributed by atoms with Crippen molar-refractivity contribution in [3.63, 3.8) is 0 Å². The number of aryl methyl sites for hydroxylation is 1. The number of hydrogen-bond acceptors (Lipinski definition) is 3. The highest BCUT2D eigenvalue weighted by atomic mass is 16.3. The summed E-state index contributed by atoms with van der Waals surface area (Å²) in [5, 5.41) is 9.47. The zero-order chi connectivity index (χ0) is 13.1. The van der Waals surface area contributed by atoms with E-state index in [0.717, 1.165) is 31.6 Å². The molecule has 1 aromatic heterocycles. The molecule has 1 aliphatic rings. The second-order valence-corrected chi connectivity index (χ2v) is 4.98. The summed E-state index contributed by atoms with van der Waals surface area (Å²) in [6, 6.07) is 0.158. The second-order valence-electron chi connectivity index (χ2n) is 4.98. The van der Waals surface area contributed by atoms with Gasteiger partial charge >= 0.3 is 0 Å². The number of hydrogen-bond donors (Lipinski definition) is 2. The Morgan fingerprint density at radius 2 is 2.50 bits per heavy atom. The van der Waals surface area contributed by atoms with E-state index in [1.807, 2.05) is 11.8 Å². The molecule has 18 heavy (non-hydrogen) atoms. The van der Waals surface area contributed by atoms with E-state index in [4.69, 9.17) is 0 Å². The van der Waals surface area contributed by atoms with Gasteiger partial charge in [0.1, 0.15) is 11.5 Å². The predicted molar refractivity (Wildman–Crippen MR) is 68.3 cm³/mol. The minimum Gasteiger partial charge on any atom is -0.393 e. The fourth-order valence-electron chi connectivity index (χ4n) is 2.55. The summed E-state index contributed by atoms with van der Waals surface area (Å²) >= 11 is 0. The topological polar surface area (TPSA) is 69.2 Å². The molecule has 5 heteroatoms. The quantitative estimate of drug-likeness (QED) is 0.848. The lowest BCUT2D eigenvalue weighted by Crippen LogP contribution is -2.37. The molecule has 0 spiro atoms. The highest BCUT2D eigenvalue weighted by Crippen LogP contribution is 2.23. The van der Waals surface area contributed by atoms with Gasteiger partial charge in [-0.2, -0.15) is 0 Å². The van der Waals surface area contributed by atoms with Crippen molar-refractivity contribution in [3.8, 4) is 0 Å². The van der Waals surface area contributed by atoms with E-state index < -0.39 is 0 Å². The number of amides is 1. The van der Waals surface area contributed by atoms with E-state index in [2.05, 4.69) is 9.97 Å². The number of nitrogens with zero attached hydrogens (tertiary/aromatic N) is 2. The molecule has 0 aromatic carbocycles. The Labute approximate surface area is 107 Å². The number of imidazole rings is 1. The van der Waals surface area contributed by atoms with Crippen LogP contribution in [0.15, 0.2) is 6.20 Å². The van der Waals surface area contributed by atoms with Gasteiger partial charge in [0.05, 0.1) is 12.3 Å². The predicted octanol–water partition coefficient (Wildman–Crippen LogP) is 1.35. The van der Waals surface area contributed by atoms with Gasteiger partial charge < -0.3 is 15.0 Å². The normalized spacial score (nSPS) is 21.3. The lowest BCUT2D eigenvalue weighted by molar-refractivity contribution is 0.0676. The minimum atomic E-state index is -0.364. The van der Waals surface area contributed by atoms with Crippen LogP contribution < -0.4 is 0 Å². The van der Waals surface area contributed by atoms with Crippen LogP contribution in [-0.2, 0) is 6.42 Å². The van der Waals surface area contributed by atoms with Gasteiger partial charge in [-0.3, -0.25) is 4.79 Å². The number of H-pyrrole nitrogens is 1. The standard InChI is InChI=1S/C13H21N3O2/c1-3-12-14-8-11(15-12)13(18)16-6-4-5-10(16)7-9(2)17/h8-10,17H,3-7H2,1-2H3,(H,14,15). The molecule has 1 amide bonds. The molecular formula is C13H21N3O2. The van der Waals surface area contributed by atoms with Gasteiger partial charge in [0.15, 0.2) is 0 Å². The summed E-state index contributed by atoms with van der Waals surface area (Å²) in [6.07, 6.45) is 4.68. The zero-order valence-corrected chi connectivity index (χ0v) is 11.0. The van der Waals surface area contributed by atoms with E-state index in [1.165, 1.54) is 0 Å². The Kier molecular flexibility index (Phi) is 4.01. The monoisotopic (exact) mass is 251 g/mol. The van der Waals surface area contributed by atoms with Crippen LogP contribution in [0.25, 0.3) is 0 Å². The van der Waals surface area contributed by atoms with E-state index in [9.17, 15) is 9.90 Å². The third-order valence-corrected chi connectivity index (χ3v) is 3.44. The largest absolute Gasteiger partial charge is 0.393 e. The summed E-state index contributed by atoms with van der Waals surface area (Å²) in [7, 11) is 0. The summed E-state index contributed by atoms with van der Waals surface area (Å²) in [5.41, 5.74) is 0.560. The molecule has 2 rings (SSSR count). The number of carbonyl (C=O) groups excluding carboxylic acids is 1. The molecule has 1 aliphatic heterocycles.